The highest BCUT2D eigenvalue weighted by molar-refractivity contribution is 5.95. The molecule has 2 heterocycles. The van der Waals surface area contributed by atoms with Gasteiger partial charge in [0.25, 0.3) is 5.91 Å². The Balaban J connectivity index is 1.67. The fraction of sp³-hybridized carbons (Fsp3) is 0.429. The van der Waals surface area contributed by atoms with Crippen LogP contribution in [0.15, 0.2) is 34.7 Å². The van der Waals surface area contributed by atoms with Crippen molar-refractivity contribution in [1.29, 1.82) is 0 Å². The Labute approximate surface area is 163 Å². The van der Waals surface area contributed by atoms with Gasteiger partial charge in [-0.25, -0.2) is 4.79 Å². The largest absolute Gasteiger partial charge is 0.478 e. The smallest absolute Gasteiger partial charge is 0.339 e. The summed E-state index contributed by atoms with van der Waals surface area (Å²) in [5, 5.41) is 9.14. The molecule has 28 heavy (non-hydrogen) atoms. The number of amides is 1. The van der Waals surface area contributed by atoms with Crippen molar-refractivity contribution in [2.45, 2.75) is 39.0 Å². The number of benzene rings is 1. The summed E-state index contributed by atoms with van der Waals surface area (Å²) in [6.45, 7) is 3.55. The van der Waals surface area contributed by atoms with E-state index in [9.17, 15) is 9.59 Å². The number of carbonyl (C=O) groups is 2. The molecule has 3 rings (SSSR count). The van der Waals surface area contributed by atoms with Gasteiger partial charge < -0.3 is 23.9 Å². The first-order valence-corrected chi connectivity index (χ1v) is 9.31. The first kappa shape index (κ1) is 20.1. The third-order valence-electron chi connectivity index (χ3n) is 4.83. The Morgan fingerprint density at radius 3 is 2.61 bits per heavy atom. The number of hydrogen-bond acceptors (Lipinski definition) is 5. The van der Waals surface area contributed by atoms with Crippen molar-refractivity contribution >= 4 is 11.9 Å². The molecule has 0 radical (unpaired) electrons. The Bertz CT molecular complexity index is 837. The molecular formula is C21H25NO6. The number of carboxylic acids is 1. The van der Waals surface area contributed by atoms with Crippen molar-refractivity contribution < 1.29 is 28.6 Å². The van der Waals surface area contributed by atoms with E-state index in [1.54, 1.807) is 20.0 Å². The molecule has 1 aromatic carbocycles. The number of ether oxygens (including phenoxy) is 2. The summed E-state index contributed by atoms with van der Waals surface area (Å²) in [6.07, 6.45) is 1.87. The maximum Gasteiger partial charge on any atom is 0.339 e. The van der Waals surface area contributed by atoms with Gasteiger partial charge in [0.2, 0.25) is 0 Å². The summed E-state index contributed by atoms with van der Waals surface area (Å²) < 4.78 is 16.8. The minimum absolute atomic E-state index is 0.112. The van der Waals surface area contributed by atoms with Crippen LogP contribution in [0.4, 0.5) is 0 Å². The molecule has 150 valence electrons. The standard InChI is InChI=1S/C21H25NO6/c1-14-19(21(24)25)11-17(28-14)12-22(2)20(23)18-6-4-3-5-15(18)13-27-16-7-9-26-10-8-16/h3-6,11,16H,7-10,12-13H2,1-2H3,(H,24,25). The van der Waals surface area contributed by atoms with Gasteiger partial charge in [0, 0.05) is 25.8 Å². The molecule has 7 heteroatoms. The van der Waals surface area contributed by atoms with Crippen LogP contribution in [-0.2, 0) is 22.6 Å². The minimum atomic E-state index is -1.04. The normalized spacial score (nSPS) is 14.8. The number of carbonyl (C=O) groups excluding carboxylic acids is 1. The highest BCUT2D eigenvalue weighted by Gasteiger charge is 2.21. The van der Waals surface area contributed by atoms with Gasteiger partial charge in [-0.05, 0) is 37.5 Å². The summed E-state index contributed by atoms with van der Waals surface area (Å²) in [5.74, 6) is -0.454. The van der Waals surface area contributed by atoms with Crippen molar-refractivity contribution in [3.8, 4) is 0 Å². The van der Waals surface area contributed by atoms with E-state index in [4.69, 9.17) is 19.0 Å². The summed E-state index contributed by atoms with van der Waals surface area (Å²) in [5.41, 5.74) is 1.51. The van der Waals surface area contributed by atoms with Gasteiger partial charge in [0.05, 0.1) is 19.3 Å². The third-order valence-corrected chi connectivity index (χ3v) is 4.83. The summed E-state index contributed by atoms with van der Waals surface area (Å²) >= 11 is 0. The van der Waals surface area contributed by atoms with E-state index >= 15 is 0 Å². The van der Waals surface area contributed by atoms with E-state index in [0.717, 1.165) is 18.4 Å². The highest BCUT2D eigenvalue weighted by Crippen LogP contribution is 2.20. The average molecular weight is 387 g/mol. The molecule has 2 aromatic rings. The topological polar surface area (TPSA) is 89.2 Å². The molecule has 0 spiro atoms. The number of furan rings is 1. The van der Waals surface area contributed by atoms with Crippen LogP contribution < -0.4 is 0 Å². The minimum Gasteiger partial charge on any atom is -0.478 e. The SMILES string of the molecule is Cc1oc(CN(C)C(=O)c2ccccc2COC2CCOCC2)cc1C(=O)O. The van der Waals surface area contributed by atoms with Crippen molar-refractivity contribution in [2.24, 2.45) is 0 Å². The van der Waals surface area contributed by atoms with Crippen LogP contribution in [0.2, 0.25) is 0 Å². The molecule has 7 nitrogen and oxygen atoms in total. The zero-order valence-corrected chi connectivity index (χ0v) is 16.1. The van der Waals surface area contributed by atoms with Crippen LogP contribution in [-0.4, -0.2) is 48.2 Å². The number of aryl methyl sites for hydroxylation is 1. The number of aromatic carboxylic acids is 1. The van der Waals surface area contributed by atoms with Gasteiger partial charge in [-0.15, -0.1) is 0 Å². The van der Waals surface area contributed by atoms with E-state index < -0.39 is 5.97 Å². The molecule has 1 aliphatic rings. The van der Waals surface area contributed by atoms with Gasteiger partial charge in [0.15, 0.2) is 0 Å². The lowest BCUT2D eigenvalue weighted by molar-refractivity contribution is -0.0392. The number of nitrogens with zero attached hydrogens (tertiary/aromatic N) is 1. The van der Waals surface area contributed by atoms with Crippen molar-refractivity contribution in [3.05, 3.63) is 58.5 Å². The van der Waals surface area contributed by atoms with Gasteiger partial charge >= 0.3 is 5.97 Å². The van der Waals surface area contributed by atoms with Crippen LogP contribution in [0.3, 0.4) is 0 Å². The quantitative estimate of drug-likeness (QED) is 0.784. The maximum atomic E-state index is 12.9. The van der Waals surface area contributed by atoms with Crippen molar-refractivity contribution in [2.75, 3.05) is 20.3 Å². The summed E-state index contributed by atoms with van der Waals surface area (Å²) in [6, 6.07) is 8.83. The zero-order valence-electron chi connectivity index (χ0n) is 16.1. The first-order chi connectivity index (χ1) is 13.5. The highest BCUT2D eigenvalue weighted by atomic mass is 16.5. The number of rotatable bonds is 7. The lowest BCUT2D eigenvalue weighted by Crippen LogP contribution is -2.28. The Morgan fingerprint density at radius 2 is 1.93 bits per heavy atom. The monoisotopic (exact) mass is 387 g/mol. The fourth-order valence-electron chi connectivity index (χ4n) is 3.25. The molecule has 0 bridgehead atoms. The van der Waals surface area contributed by atoms with Gasteiger partial charge in [0.1, 0.15) is 17.1 Å². The molecule has 1 saturated heterocycles. The molecule has 1 aliphatic heterocycles. The van der Waals surface area contributed by atoms with Gasteiger partial charge in [-0.2, -0.15) is 0 Å². The maximum absolute atomic E-state index is 12.9. The predicted octanol–water partition coefficient (Wildman–Crippen LogP) is 3.25. The molecule has 0 atom stereocenters. The lowest BCUT2D eigenvalue weighted by Gasteiger charge is -2.23. The first-order valence-electron chi connectivity index (χ1n) is 9.31. The Hall–Kier alpha value is -2.64. The van der Waals surface area contributed by atoms with Gasteiger partial charge in [-0.3, -0.25) is 4.79 Å². The third kappa shape index (κ3) is 4.79. The number of carboxylic acid groups (broad SMARTS) is 1. The molecule has 1 aromatic heterocycles. The van der Waals surface area contributed by atoms with Crippen LogP contribution in [0.5, 0.6) is 0 Å². The van der Waals surface area contributed by atoms with Crippen LogP contribution >= 0.6 is 0 Å². The van der Waals surface area contributed by atoms with E-state index in [1.807, 2.05) is 18.2 Å². The fourth-order valence-corrected chi connectivity index (χ4v) is 3.25. The zero-order chi connectivity index (χ0) is 20.1. The molecule has 0 aliphatic carbocycles. The van der Waals surface area contributed by atoms with Crippen LogP contribution in [0.25, 0.3) is 0 Å². The molecule has 1 amide bonds. The average Bonchev–Trinajstić information content (AvgIpc) is 3.07. The van der Waals surface area contributed by atoms with E-state index in [-0.39, 0.29) is 24.1 Å². The van der Waals surface area contributed by atoms with E-state index in [2.05, 4.69) is 0 Å². The van der Waals surface area contributed by atoms with E-state index in [0.29, 0.717) is 36.9 Å². The van der Waals surface area contributed by atoms with Gasteiger partial charge in [-0.1, -0.05) is 18.2 Å². The second-order valence-electron chi connectivity index (χ2n) is 6.93. The Morgan fingerprint density at radius 1 is 1.21 bits per heavy atom. The summed E-state index contributed by atoms with van der Waals surface area (Å²) in [7, 11) is 1.66. The molecule has 1 N–H and O–H groups in total. The second-order valence-corrected chi connectivity index (χ2v) is 6.93. The molecule has 0 saturated carbocycles. The Kier molecular flexibility index (Phi) is 6.49. The molecule has 0 unspecified atom stereocenters. The molecular weight excluding hydrogens is 362 g/mol. The van der Waals surface area contributed by atoms with Crippen LogP contribution in [0.1, 0.15) is 50.6 Å². The lowest BCUT2D eigenvalue weighted by atomic mass is 10.1. The molecule has 1 fully saturated rings. The second kappa shape index (κ2) is 9.03. The van der Waals surface area contributed by atoms with Crippen LogP contribution in [0, 0.1) is 6.92 Å². The number of hydrogen-bond donors (Lipinski definition) is 1. The van der Waals surface area contributed by atoms with Crippen molar-refractivity contribution in [1.82, 2.24) is 4.90 Å². The predicted molar refractivity (Wildman–Crippen MR) is 101 cm³/mol. The van der Waals surface area contributed by atoms with E-state index in [1.165, 1.54) is 11.0 Å². The summed E-state index contributed by atoms with van der Waals surface area (Å²) in [4.78, 5) is 25.6. The van der Waals surface area contributed by atoms with Crippen molar-refractivity contribution in [3.63, 3.8) is 0 Å².